The van der Waals surface area contributed by atoms with Crippen molar-refractivity contribution in [1.29, 1.82) is 0 Å². The maximum absolute atomic E-state index is 13.0. The molecular weight excluding hydrogens is 708 g/mol. The highest BCUT2D eigenvalue weighted by atomic mass is 35.5. The van der Waals surface area contributed by atoms with Crippen molar-refractivity contribution in [2.24, 2.45) is 0 Å². The molecule has 4 rings (SSSR count). The van der Waals surface area contributed by atoms with Crippen molar-refractivity contribution in [2.75, 3.05) is 19.8 Å². The van der Waals surface area contributed by atoms with Crippen LogP contribution < -0.4 is 4.74 Å². The Hall–Kier alpha value is -0.882. The first-order valence-corrected chi connectivity index (χ1v) is 31.7. The third-order valence-corrected chi connectivity index (χ3v) is 12.2. The molecule has 0 aromatic heterocycles. The molecule has 1 aliphatic carbocycles. The van der Waals surface area contributed by atoms with Crippen LogP contribution in [-0.4, -0.2) is 88.7 Å². The summed E-state index contributed by atoms with van der Waals surface area (Å²) < 4.78 is 45.7. The van der Waals surface area contributed by atoms with Crippen molar-refractivity contribution in [3.8, 4) is 5.75 Å². The Bertz CT molecular complexity index is 1370. The highest BCUT2D eigenvalue weighted by molar-refractivity contribution is 6.71. The van der Waals surface area contributed by atoms with Crippen LogP contribution in [0.3, 0.4) is 0 Å². The third kappa shape index (κ3) is 12.9. The molecule has 4 unspecified atom stereocenters. The molecule has 8 nitrogen and oxygen atoms in total. The van der Waals surface area contributed by atoms with Crippen LogP contribution in [0.2, 0.25) is 83.6 Å². The molecule has 1 saturated heterocycles. The van der Waals surface area contributed by atoms with E-state index in [4.69, 9.17) is 43.5 Å². The van der Waals surface area contributed by atoms with Crippen LogP contribution in [0.15, 0.2) is 42.5 Å². The average Bonchev–Trinajstić information content (AvgIpc) is 3.78. The zero-order valence-corrected chi connectivity index (χ0v) is 36.6. The van der Waals surface area contributed by atoms with Crippen molar-refractivity contribution in [1.82, 2.24) is 0 Å². The Kier molecular flexibility index (Phi) is 13.4. The summed E-state index contributed by atoms with van der Waals surface area (Å²) in [6, 6.07) is 13.7. The molecule has 0 radical (unpaired) electrons. The number of hydrogen-bond donors (Lipinski definition) is 1. The van der Waals surface area contributed by atoms with E-state index in [1.807, 2.05) is 42.5 Å². The van der Waals surface area contributed by atoms with Crippen molar-refractivity contribution in [3.63, 3.8) is 0 Å². The molecule has 1 heterocycles. The Labute approximate surface area is 304 Å². The second-order valence-electron chi connectivity index (χ2n) is 17.4. The fraction of sp³-hybridized carbons (Fsp3) is 0.667. The zero-order chi connectivity index (χ0) is 36.4. The summed E-state index contributed by atoms with van der Waals surface area (Å²) in [5.74, 6) is -1.05. The van der Waals surface area contributed by atoms with Gasteiger partial charge in [-0.2, -0.15) is 0 Å². The van der Waals surface area contributed by atoms with Gasteiger partial charge in [-0.05, 0) is 133 Å². The molecule has 5 atom stereocenters. The van der Waals surface area contributed by atoms with Crippen molar-refractivity contribution < 1.29 is 37.0 Å². The molecule has 276 valence electrons. The number of hydrogen-bond acceptors (Lipinski definition) is 8. The molecular formula is C36H61ClO8Si4. The molecule has 0 bridgehead atoms. The fourth-order valence-corrected chi connectivity index (χ4v) is 9.83. The monoisotopic (exact) mass is 768 g/mol. The van der Waals surface area contributed by atoms with Crippen LogP contribution in [0, 0.1) is 0 Å². The summed E-state index contributed by atoms with van der Waals surface area (Å²) in [4.78, 5) is 0. The number of aliphatic hydroxyl groups is 1. The van der Waals surface area contributed by atoms with Crippen LogP contribution in [0.4, 0.5) is 0 Å². The van der Waals surface area contributed by atoms with Gasteiger partial charge in [0.25, 0.3) is 0 Å². The van der Waals surface area contributed by atoms with Crippen LogP contribution >= 0.6 is 11.6 Å². The molecule has 0 amide bonds. The lowest BCUT2D eigenvalue weighted by Gasteiger charge is -2.54. The quantitative estimate of drug-likeness (QED) is 0.127. The van der Waals surface area contributed by atoms with Gasteiger partial charge in [0.1, 0.15) is 36.8 Å². The van der Waals surface area contributed by atoms with Gasteiger partial charge >= 0.3 is 0 Å². The summed E-state index contributed by atoms with van der Waals surface area (Å²) in [6.45, 7) is 27.2. The molecule has 2 aliphatic rings. The molecule has 1 saturated carbocycles. The number of ether oxygens (including phenoxy) is 3. The van der Waals surface area contributed by atoms with Crippen molar-refractivity contribution in [3.05, 3.63) is 64.2 Å². The molecule has 2 fully saturated rings. The minimum Gasteiger partial charge on any atom is -0.491 e. The van der Waals surface area contributed by atoms with Crippen LogP contribution in [0.5, 0.6) is 5.75 Å². The summed E-state index contributed by atoms with van der Waals surface area (Å²) in [5, 5.41) is 13.6. The van der Waals surface area contributed by atoms with E-state index in [1.54, 1.807) is 0 Å². The average molecular weight is 770 g/mol. The van der Waals surface area contributed by atoms with E-state index in [2.05, 4.69) is 78.6 Å². The SMILES string of the molecule is C[Si](C)(C)OC[C@H]1OC(O)(c2ccc(Cl)c(Cc3ccc(OCCOC4CC4)cc3)c2)C(O[Si](C)(C)C)C(O[Si](C)(C)C)C1O[Si](C)(C)C. The number of rotatable bonds is 17. The van der Waals surface area contributed by atoms with Gasteiger partial charge in [-0.1, -0.05) is 29.8 Å². The molecule has 2 aromatic carbocycles. The van der Waals surface area contributed by atoms with Gasteiger partial charge in [-0.25, -0.2) is 0 Å². The fourth-order valence-electron chi connectivity index (χ4n) is 5.75. The van der Waals surface area contributed by atoms with Gasteiger partial charge in [0.05, 0.1) is 19.3 Å². The van der Waals surface area contributed by atoms with Gasteiger partial charge < -0.3 is 37.0 Å². The second kappa shape index (κ2) is 16.0. The largest absolute Gasteiger partial charge is 0.491 e. The minimum atomic E-state index is -2.27. The van der Waals surface area contributed by atoms with E-state index in [9.17, 15) is 5.11 Å². The van der Waals surface area contributed by atoms with Gasteiger partial charge in [-0.3, -0.25) is 0 Å². The summed E-state index contributed by atoms with van der Waals surface area (Å²) in [6.07, 6.45) is 0.793. The number of halogens is 1. The first-order valence-electron chi connectivity index (χ1n) is 17.7. The molecule has 1 N–H and O–H groups in total. The van der Waals surface area contributed by atoms with Crippen LogP contribution in [0.25, 0.3) is 0 Å². The third-order valence-electron chi connectivity index (χ3n) is 7.85. The molecule has 2 aromatic rings. The lowest BCUT2D eigenvalue weighted by Crippen LogP contribution is -2.69. The first-order chi connectivity index (χ1) is 22.5. The van der Waals surface area contributed by atoms with E-state index < -0.39 is 63.5 Å². The van der Waals surface area contributed by atoms with Crippen molar-refractivity contribution in [2.45, 2.75) is 134 Å². The van der Waals surface area contributed by atoms with Gasteiger partial charge in [0, 0.05) is 10.6 Å². The molecule has 1 aliphatic heterocycles. The Morgan fingerprint density at radius 2 is 1.35 bits per heavy atom. The summed E-state index contributed by atoms with van der Waals surface area (Å²) >= 11 is 6.82. The maximum atomic E-state index is 13.0. The van der Waals surface area contributed by atoms with E-state index in [-0.39, 0.29) is 6.61 Å². The van der Waals surface area contributed by atoms with E-state index in [0.29, 0.717) is 36.3 Å². The molecule has 0 spiro atoms. The first kappa shape index (κ1) is 40.9. The van der Waals surface area contributed by atoms with Gasteiger partial charge in [0.15, 0.2) is 33.3 Å². The molecule has 13 heteroatoms. The van der Waals surface area contributed by atoms with Gasteiger partial charge in [0.2, 0.25) is 5.79 Å². The predicted molar refractivity (Wildman–Crippen MR) is 208 cm³/mol. The van der Waals surface area contributed by atoms with Crippen molar-refractivity contribution >= 4 is 44.9 Å². The maximum Gasteiger partial charge on any atom is 0.221 e. The van der Waals surface area contributed by atoms with Crippen LogP contribution in [-0.2, 0) is 39.4 Å². The zero-order valence-electron chi connectivity index (χ0n) is 31.9. The Morgan fingerprint density at radius 3 is 1.90 bits per heavy atom. The molecule has 49 heavy (non-hydrogen) atoms. The highest BCUT2D eigenvalue weighted by Gasteiger charge is 2.59. The number of benzene rings is 2. The topological polar surface area (TPSA) is 84.8 Å². The second-order valence-corrected chi connectivity index (χ2v) is 35.7. The Morgan fingerprint density at radius 1 is 0.755 bits per heavy atom. The summed E-state index contributed by atoms with van der Waals surface area (Å²) in [7, 11) is -8.52. The summed E-state index contributed by atoms with van der Waals surface area (Å²) in [5.41, 5.74) is 2.50. The van der Waals surface area contributed by atoms with Crippen LogP contribution in [0.1, 0.15) is 29.5 Å². The highest BCUT2D eigenvalue weighted by Crippen LogP contribution is 2.44. The normalized spacial score (nSPS) is 25.4. The lowest BCUT2D eigenvalue weighted by molar-refractivity contribution is -0.348. The smallest absolute Gasteiger partial charge is 0.221 e. The van der Waals surface area contributed by atoms with E-state index in [1.165, 1.54) is 0 Å². The van der Waals surface area contributed by atoms with E-state index in [0.717, 1.165) is 29.7 Å². The minimum absolute atomic E-state index is 0.278. The van der Waals surface area contributed by atoms with E-state index >= 15 is 0 Å². The predicted octanol–water partition coefficient (Wildman–Crippen LogP) is 8.54. The Balaban J connectivity index is 1.70. The lowest BCUT2D eigenvalue weighted by atomic mass is 9.87. The standard InChI is InChI=1S/C36H61ClO8Si4/c1-46(2,3)41-25-32-33(43-47(4,5)6)34(44-48(7,8)9)35(45-49(10,11)12)36(38,42-32)28-15-20-31(37)27(24-28)23-26-13-16-29(17-14-26)39-21-22-40-30-18-19-30/h13-17,20,24,30,32-35,38H,18-19,21-23,25H2,1-12H3/t32-,33?,34?,35?,36?/m1/s1. The van der Waals surface area contributed by atoms with Gasteiger partial charge in [-0.15, -0.1) is 0 Å².